The molecule has 2 aromatic rings. The Balaban J connectivity index is 1.56. The predicted molar refractivity (Wildman–Crippen MR) is 98.8 cm³/mol. The number of amides is 1. The molecule has 0 radical (unpaired) electrons. The maximum atomic E-state index is 12.6. The zero-order valence-corrected chi connectivity index (χ0v) is 15.9. The molecule has 6 nitrogen and oxygen atoms in total. The normalized spacial score (nSPS) is 13.7. The summed E-state index contributed by atoms with van der Waals surface area (Å²) in [6.45, 7) is 0.621. The molecule has 0 N–H and O–H groups in total. The fourth-order valence-electron chi connectivity index (χ4n) is 2.42. The minimum atomic E-state index is 0.105. The fourth-order valence-corrected chi connectivity index (χ4v) is 3.45. The van der Waals surface area contributed by atoms with E-state index in [0.29, 0.717) is 35.2 Å². The van der Waals surface area contributed by atoms with Gasteiger partial charge in [-0.2, -0.15) is 11.8 Å². The fraction of sp³-hybridized carbons (Fsp3) is 0.471. The number of hydrogen-bond donors (Lipinski definition) is 0. The van der Waals surface area contributed by atoms with E-state index in [4.69, 9.17) is 9.15 Å². The third kappa shape index (κ3) is 5.15. The van der Waals surface area contributed by atoms with Crippen LogP contribution in [0.1, 0.15) is 24.3 Å². The van der Waals surface area contributed by atoms with E-state index in [9.17, 15) is 4.79 Å². The van der Waals surface area contributed by atoms with Crippen molar-refractivity contribution in [3.8, 4) is 5.75 Å². The molecule has 3 rings (SSSR count). The molecule has 0 aliphatic heterocycles. The lowest BCUT2D eigenvalue weighted by atomic mass is 10.2. The van der Waals surface area contributed by atoms with Crippen LogP contribution in [-0.4, -0.2) is 46.2 Å². The van der Waals surface area contributed by atoms with Gasteiger partial charge in [-0.25, -0.2) is 0 Å². The second-order valence-electron chi connectivity index (χ2n) is 5.78. The van der Waals surface area contributed by atoms with Gasteiger partial charge in [0.2, 0.25) is 11.8 Å². The van der Waals surface area contributed by atoms with E-state index in [1.165, 1.54) is 11.8 Å². The van der Waals surface area contributed by atoms with Crippen molar-refractivity contribution in [1.82, 2.24) is 15.1 Å². The number of thioether (sulfide) groups is 2. The Hall–Kier alpha value is -1.67. The van der Waals surface area contributed by atoms with Gasteiger partial charge < -0.3 is 14.1 Å². The van der Waals surface area contributed by atoms with Gasteiger partial charge >= 0.3 is 0 Å². The first-order valence-electron chi connectivity index (χ1n) is 8.06. The first kappa shape index (κ1) is 18.1. The number of hydrogen-bond acceptors (Lipinski definition) is 7. The van der Waals surface area contributed by atoms with Crippen LogP contribution in [0.3, 0.4) is 0 Å². The molecule has 1 aromatic carbocycles. The quantitative estimate of drug-likeness (QED) is 0.620. The summed E-state index contributed by atoms with van der Waals surface area (Å²) in [6, 6.07) is 8.20. The zero-order chi connectivity index (χ0) is 17.6. The molecule has 0 bridgehead atoms. The average molecular weight is 380 g/mol. The van der Waals surface area contributed by atoms with Gasteiger partial charge in [0.25, 0.3) is 5.22 Å². The average Bonchev–Trinajstić information content (AvgIpc) is 3.38. The van der Waals surface area contributed by atoms with E-state index in [-0.39, 0.29) is 5.91 Å². The highest BCUT2D eigenvalue weighted by Crippen LogP contribution is 2.30. The smallest absolute Gasteiger partial charge is 0.277 e. The molecule has 0 unspecified atom stereocenters. The largest absolute Gasteiger partial charge is 0.497 e. The summed E-state index contributed by atoms with van der Waals surface area (Å²) >= 11 is 2.93. The van der Waals surface area contributed by atoms with Gasteiger partial charge in [0.05, 0.1) is 18.6 Å². The van der Waals surface area contributed by atoms with Crippen LogP contribution in [0.2, 0.25) is 0 Å². The molecule has 1 aliphatic carbocycles. The Bertz CT molecular complexity index is 701. The first-order valence-corrected chi connectivity index (χ1v) is 10.4. The van der Waals surface area contributed by atoms with Crippen molar-refractivity contribution in [2.45, 2.75) is 36.4 Å². The van der Waals surface area contributed by atoms with Crippen molar-refractivity contribution in [2.75, 3.05) is 19.1 Å². The van der Waals surface area contributed by atoms with E-state index in [1.807, 2.05) is 35.4 Å². The minimum Gasteiger partial charge on any atom is -0.497 e. The molecule has 1 aliphatic rings. The monoisotopic (exact) mass is 379 g/mol. The zero-order valence-electron chi connectivity index (χ0n) is 14.3. The first-order chi connectivity index (χ1) is 12.2. The lowest BCUT2D eigenvalue weighted by molar-refractivity contribution is -0.129. The minimum absolute atomic E-state index is 0.105. The van der Waals surface area contributed by atoms with Gasteiger partial charge in [0.1, 0.15) is 5.75 Å². The number of ether oxygens (including phenoxy) is 1. The Labute approximate surface area is 155 Å². The lowest BCUT2D eigenvalue weighted by Gasteiger charge is -2.22. The number of carbonyl (C=O) groups is 1. The summed E-state index contributed by atoms with van der Waals surface area (Å²) in [4.78, 5) is 14.6. The number of rotatable bonds is 9. The van der Waals surface area contributed by atoms with Gasteiger partial charge in [0, 0.05) is 12.6 Å². The highest BCUT2D eigenvalue weighted by atomic mass is 32.2. The van der Waals surface area contributed by atoms with Crippen LogP contribution < -0.4 is 4.74 Å². The number of benzene rings is 1. The summed E-state index contributed by atoms with van der Waals surface area (Å²) in [5.74, 6) is 2.52. The Morgan fingerprint density at radius 1 is 1.32 bits per heavy atom. The summed E-state index contributed by atoms with van der Waals surface area (Å²) < 4.78 is 10.7. The molecule has 25 heavy (non-hydrogen) atoms. The van der Waals surface area contributed by atoms with Crippen LogP contribution in [0, 0.1) is 0 Å². The van der Waals surface area contributed by atoms with Crippen LogP contribution in [0.25, 0.3) is 0 Å². The second-order valence-corrected chi connectivity index (χ2v) is 7.58. The Morgan fingerprint density at radius 3 is 2.72 bits per heavy atom. The topological polar surface area (TPSA) is 68.5 Å². The van der Waals surface area contributed by atoms with Gasteiger partial charge in [-0.05, 0) is 36.8 Å². The molecule has 134 valence electrons. The molecule has 0 atom stereocenters. The van der Waals surface area contributed by atoms with Gasteiger partial charge in [-0.1, -0.05) is 23.9 Å². The van der Waals surface area contributed by atoms with E-state index in [0.717, 1.165) is 24.2 Å². The summed E-state index contributed by atoms with van der Waals surface area (Å²) in [7, 11) is 1.65. The van der Waals surface area contributed by atoms with E-state index >= 15 is 0 Å². The molecular weight excluding hydrogens is 358 g/mol. The van der Waals surface area contributed by atoms with Crippen LogP contribution in [0.15, 0.2) is 33.9 Å². The van der Waals surface area contributed by atoms with Crippen LogP contribution in [-0.2, 0) is 17.1 Å². The molecule has 1 saturated carbocycles. The third-order valence-electron chi connectivity index (χ3n) is 3.86. The van der Waals surface area contributed by atoms with Crippen LogP contribution >= 0.6 is 23.5 Å². The van der Waals surface area contributed by atoms with E-state index in [2.05, 4.69) is 10.2 Å². The van der Waals surface area contributed by atoms with Crippen molar-refractivity contribution in [3.63, 3.8) is 0 Å². The maximum absolute atomic E-state index is 12.6. The summed E-state index contributed by atoms with van der Waals surface area (Å²) in [5, 5.41) is 8.40. The van der Waals surface area contributed by atoms with Crippen molar-refractivity contribution in [1.29, 1.82) is 0 Å². The lowest BCUT2D eigenvalue weighted by Crippen LogP contribution is -2.33. The van der Waals surface area contributed by atoms with Gasteiger partial charge in [-0.15, -0.1) is 10.2 Å². The number of nitrogens with zero attached hydrogens (tertiary/aromatic N) is 3. The number of carbonyl (C=O) groups excluding carboxylic acids is 1. The summed E-state index contributed by atoms with van der Waals surface area (Å²) in [5.41, 5.74) is 1.10. The highest BCUT2D eigenvalue weighted by Gasteiger charge is 2.32. The molecule has 8 heteroatoms. The molecular formula is C17H21N3O3S2. The SMILES string of the molecule is COc1ccc(CN(C(=O)CSc2nnc(CSC)o2)C2CC2)cc1. The molecule has 0 spiro atoms. The van der Waals surface area contributed by atoms with Crippen molar-refractivity contribution < 1.29 is 13.9 Å². The molecule has 1 aromatic heterocycles. The third-order valence-corrected chi connectivity index (χ3v) is 5.19. The highest BCUT2D eigenvalue weighted by molar-refractivity contribution is 7.99. The molecule has 0 saturated heterocycles. The van der Waals surface area contributed by atoms with Gasteiger partial charge in [-0.3, -0.25) is 4.79 Å². The van der Waals surface area contributed by atoms with Crippen molar-refractivity contribution in [2.24, 2.45) is 0 Å². The standard InChI is InChI=1S/C17H21N3O3S2/c1-22-14-7-3-12(4-8-14)9-20(13-5-6-13)16(21)11-25-17-19-18-15(23-17)10-24-2/h3-4,7-8,13H,5-6,9-11H2,1-2H3. The number of aromatic nitrogens is 2. The number of methoxy groups -OCH3 is 1. The van der Waals surface area contributed by atoms with Crippen LogP contribution in [0.4, 0.5) is 0 Å². The maximum Gasteiger partial charge on any atom is 0.277 e. The Kier molecular flexibility index (Phi) is 6.25. The van der Waals surface area contributed by atoms with Crippen molar-refractivity contribution in [3.05, 3.63) is 35.7 Å². The van der Waals surface area contributed by atoms with Crippen molar-refractivity contribution >= 4 is 29.4 Å². The molecule has 1 fully saturated rings. The van der Waals surface area contributed by atoms with E-state index in [1.54, 1.807) is 18.9 Å². The molecule has 1 amide bonds. The van der Waals surface area contributed by atoms with Crippen LogP contribution in [0.5, 0.6) is 5.75 Å². The van der Waals surface area contributed by atoms with Gasteiger partial charge in [0.15, 0.2) is 0 Å². The Morgan fingerprint density at radius 2 is 2.08 bits per heavy atom. The summed E-state index contributed by atoms with van der Waals surface area (Å²) in [6.07, 6.45) is 4.13. The van der Waals surface area contributed by atoms with E-state index < -0.39 is 0 Å². The molecule has 1 heterocycles. The predicted octanol–water partition coefficient (Wildman–Crippen LogP) is 3.22. The second kappa shape index (κ2) is 8.62.